The van der Waals surface area contributed by atoms with E-state index in [9.17, 15) is 5.26 Å². The molecule has 4 nitrogen and oxygen atoms in total. The average molecular weight is 297 g/mol. The van der Waals surface area contributed by atoms with Crippen molar-refractivity contribution in [1.29, 1.82) is 5.26 Å². The molecule has 2 aromatic rings. The number of likely N-dealkylation sites (tertiary alicyclic amines) is 1. The van der Waals surface area contributed by atoms with Crippen molar-refractivity contribution < 1.29 is 4.74 Å². The van der Waals surface area contributed by atoms with E-state index >= 15 is 0 Å². The van der Waals surface area contributed by atoms with E-state index in [1.165, 1.54) is 19.3 Å². The normalized spacial score (nSPS) is 20.7. The van der Waals surface area contributed by atoms with Gasteiger partial charge in [0, 0.05) is 35.2 Å². The van der Waals surface area contributed by atoms with Gasteiger partial charge in [-0.3, -0.25) is 4.90 Å². The fourth-order valence-electron chi connectivity index (χ4n) is 3.60. The fraction of sp³-hybridized carbons (Fsp3) is 0.500. The van der Waals surface area contributed by atoms with Gasteiger partial charge in [-0.05, 0) is 37.5 Å². The van der Waals surface area contributed by atoms with Crippen LogP contribution >= 0.6 is 0 Å². The second kappa shape index (κ2) is 6.41. The Kier molecular flexibility index (Phi) is 4.35. The quantitative estimate of drug-likeness (QED) is 0.927. The molecule has 0 radical (unpaired) electrons. The lowest BCUT2D eigenvalue weighted by Crippen LogP contribution is -2.41. The second-order valence-electron chi connectivity index (χ2n) is 5.98. The van der Waals surface area contributed by atoms with Crippen LogP contribution in [0.15, 0.2) is 24.4 Å². The lowest BCUT2D eigenvalue weighted by Gasteiger charge is -2.38. The maximum absolute atomic E-state index is 9.81. The highest BCUT2D eigenvalue weighted by molar-refractivity contribution is 5.85. The SMILES string of the molecule is CCC1CCCCN1C(C#N)c1c[nH]c2ccc(OC)cc12. The second-order valence-corrected chi connectivity index (χ2v) is 5.98. The number of nitriles is 1. The molecule has 116 valence electrons. The zero-order valence-corrected chi connectivity index (χ0v) is 13.3. The molecule has 1 aromatic heterocycles. The highest BCUT2D eigenvalue weighted by atomic mass is 16.5. The van der Waals surface area contributed by atoms with Crippen LogP contribution in [0, 0.1) is 11.3 Å². The molecule has 0 spiro atoms. The van der Waals surface area contributed by atoms with Crippen LogP contribution in [-0.2, 0) is 0 Å². The van der Waals surface area contributed by atoms with Gasteiger partial charge in [0.1, 0.15) is 11.8 Å². The minimum Gasteiger partial charge on any atom is -0.497 e. The van der Waals surface area contributed by atoms with Gasteiger partial charge in [0.25, 0.3) is 0 Å². The van der Waals surface area contributed by atoms with E-state index in [2.05, 4.69) is 22.9 Å². The summed E-state index contributed by atoms with van der Waals surface area (Å²) >= 11 is 0. The summed E-state index contributed by atoms with van der Waals surface area (Å²) in [5.74, 6) is 0.829. The first-order chi connectivity index (χ1) is 10.8. The Hall–Kier alpha value is -1.99. The maximum Gasteiger partial charge on any atom is 0.126 e. The molecule has 1 fully saturated rings. The zero-order chi connectivity index (χ0) is 15.5. The van der Waals surface area contributed by atoms with Gasteiger partial charge in [-0.2, -0.15) is 5.26 Å². The number of piperidine rings is 1. The molecule has 1 aliphatic heterocycles. The van der Waals surface area contributed by atoms with E-state index in [0.717, 1.165) is 35.2 Å². The molecule has 0 saturated carbocycles. The standard InChI is InChI=1S/C18H23N3O/c1-3-13-6-4-5-9-21(13)18(11-19)16-12-20-17-8-7-14(22-2)10-15(16)17/h7-8,10,12-13,18,20H,3-6,9H2,1-2H3. The van der Waals surface area contributed by atoms with Crippen LogP contribution in [0.1, 0.15) is 44.2 Å². The number of nitrogens with zero attached hydrogens (tertiary/aromatic N) is 2. The van der Waals surface area contributed by atoms with Crippen molar-refractivity contribution in [2.45, 2.75) is 44.7 Å². The van der Waals surface area contributed by atoms with Crippen molar-refractivity contribution in [2.75, 3.05) is 13.7 Å². The van der Waals surface area contributed by atoms with Gasteiger partial charge in [0.05, 0.1) is 13.2 Å². The van der Waals surface area contributed by atoms with E-state index in [1.54, 1.807) is 7.11 Å². The first-order valence-electron chi connectivity index (χ1n) is 8.08. The lowest BCUT2D eigenvalue weighted by molar-refractivity contribution is 0.117. The number of aromatic nitrogens is 1. The van der Waals surface area contributed by atoms with E-state index < -0.39 is 0 Å². The summed E-state index contributed by atoms with van der Waals surface area (Å²) in [6.45, 7) is 3.23. The number of methoxy groups -OCH3 is 1. The number of benzene rings is 1. The number of nitrogens with one attached hydrogen (secondary N) is 1. The van der Waals surface area contributed by atoms with Crippen molar-refractivity contribution in [1.82, 2.24) is 9.88 Å². The Bertz CT molecular complexity index is 685. The number of fused-ring (bicyclic) bond motifs is 1. The first kappa shape index (κ1) is 14.9. The third-order valence-electron chi connectivity index (χ3n) is 4.81. The van der Waals surface area contributed by atoms with Crippen LogP contribution in [0.2, 0.25) is 0 Å². The molecule has 22 heavy (non-hydrogen) atoms. The number of H-pyrrole nitrogens is 1. The van der Waals surface area contributed by atoms with Crippen molar-refractivity contribution in [3.8, 4) is 11.8 Å². The van der Waals surface area contributed by atoms with Gasteiger partial charge >= 0.3 is 0 Å². The number of hydrogen-bond donors (Lipinski definition) is 1. The van der Waals surface area contributed by atoms with Crippen LogP contribution < -0.4 is 4.74 Å². The van der Waals surface area contributed by atoms with Crippen molar-refractivity contribution >= 4 is 10.9 Å². The Morgan fingerprint density at radius 2 is 2.32 bits per heavy atom. The predicted molar refractivity (Wildman–Crippen MR) is 87.8 cm³/mol. The smallest absolute Gasteiger partial charge is 0.126 e. The Balaban J connectivity index is 2.01. The highest BCUT2D eigenvalue weighted by Gasteiger charge is 2.30. The molecule has 0 bridgehead atoms. The fourth-order valence-corrected chi connectivity index (χ4v) is 3.60. The lowest BCUT2D eigenvalue weighted by atomic mass is 9.95. The van der Waals surface area contributed by atoms with Crippen LogP contribution in [0.3, 0.4) is 0 Å². The van der Waals surface area contributed by atoms with Gasteiger partial charge < -0.3 is 9.72 Å². The van der Waals surface area contributed by atoms with Crippen molar-refractivity contribution in [3.63, 3.8) is 0 Å². The topological polar surface area (TPSA) is 52.0 Å². The highest BCUT2D eigenvalue weighted by Crippen LogP contribution is 2.34. The summed E-state index contributed by atoms with van der Waals surface area (Å²) < 4.78 is 5.34. The van der Waals surface area contributed by atoms with E-state index in [4.69, 9.17) is 4.74 Å². The zero-order valence-electron chi connectivity index (χ0n) is 13.3. The molecule has 1 saturated heterocycles. The molecule has 1 N–H and O–H groups in total. The van der Waals surface area contributed by atoms with Gasteiger partial charge in [-0.15, -0.1) is 0 Å². The maximum atomic E-state index is 9.81. The third kappa shape index (κ3) is 2.57. The summed E-state index contributed by atoms with van der Waals surface area (Å²) in [5, 5.41) is 10.9. The van der Waals surface area contributed by atoms with Crippen LogP contribution in [0.25, 0.3) is 10.9 Å². The van der Waals surface area contributed by atoms with Gasteiger partial charge in [-0.25, -0.2) is 0 Å². The monoisotopic (exact) mass is 297 g/mol. The molecule has 4 heteroatoms. The van der Waals surface area contributed by atoms with Crippen LogP contribution in [0.5, 0.6) is 5.75 Å². The molecule has 0 aliphatic carbocycles. The average Bonchev–Trinajstić information content (AvgIpc) is 2.99. The molecular formula is C18H23N3O. The molecule has 1 aliphatic rings. The summed E-state index contributed by atoms with van der Waals surface area (Å²) in [4.78, 5) is 5.67. The molecule has 2 atom stereocenters. The summed E-state index contributed by atoms with van der Waals surface area (Å²) in [5.41, 5.74) is 2.12. The van der Waals surface area contributed by atoms with Crippen LogP contribution in [0.4, 0.5) is 0 Å². The van der Waals surface area contributed by atoms with E-state index in [-0.39, 0.29) is 6.04 Å². The molecule has 3 rings (SSSR count). The van der Waals surface area contributed by atoms with Gasteiger partial charge in [-0.1, -0.05) is 13.3 Å². The summed E-state index contributed by atoms with van der Waals surface area (Å²) in [6, 6.07) is 8.83. The van der Waals surface area contributed by atoms with Gasteiger partial charge in [0.2, 0.25) is 0 Å². The van der Waals surface area contributed by atoms with Crippen molar-refractivity contribution in [3.05, 3.63) is 30.0 Å². The third-order valence-corrected chi connectivity index (χ3v) is 4.81. The summed E-state index contributed by atoms with van der Waals surface area (Å²) in [6.07, 6.45) is 6.73. The Morgan fingerprint density at radius 1 is 1.45 bits per heavy atom. The largest absolute Gasteiger partial charge is 0.497 e. The van der Waals surface area contributed by atoms with Gasteiger partial charge in [0.15, 0.2) is 0 Å². The minimum atomic E-state index is -0.189. The number of aromatic amines is 1. The van der Waals surface area contributed by atoms with Crippen LogP contribution in [-0.4, -0.2) is 29.6 Å². The first-order valence-corrected chi connectivity index (χ1v) is 8.08. The molecular weight excluding hydrogens is 274 g/mol. The van der Waals surface area contributed by atoms with E-state index in [1.807, 2.05) is 24.4 Å². The molecule has 2 unspecified atom stereocenters. The number of rotatable bonds is 4. The number of ether oxygens (including phenoxy) is 1. The molecule has 0 amide bonds. The molecule has 2 heterocycles. The number of hydrogen-bond acceptors (Lipinski definition) is 3. The molecule has 1 aromatic carbocycles. The van der Waals surface area contributed by atoms with E-state index in [0.29, 0.717) is 6.04 Å². The van der Waals surface area contributed by atoms with Crippen molar-refractivity contribution in [2.24, 2.45) is 0 Å². The summed E-state index contributed by atoms with van der Waals surface area (Å²) in [7, 11) is 1.67. The Morgan fingerprint density at radius 3 is 3.05 bits per heavy atom. The minimum absolute atomic E-state index is 0.189. The Labute approximate surface area is 131 Å². The predicted octanol–water partition coefficient (Wildman–Crippen LogP) is 4.01.